The Morgan fingerprint density at radius 3 is 2.82 bits per heavy atom. The van der Waals surface area contributed by atoms with Crippen LogP contribution in [0.2, 0.25) is 0 Å². The number of hydrogen-bond acceptors (Lipinski definition) is 4. The van der Waals surface area contributed by atoms with Crippen LogP contribution in [0.1, 0.15) is 26.2 Å². The summed E-state index contributed by atoms with van der Waals surface area (Å²) in [7, 11) is 0. The molecule has 1 aliphatic heterocycles. The van der Waals surface area contributed by atoms with Gasteiger partial charge < -0.3 is 11.1 Å². The number of primary amides is 1. The van der Waals surface area contributed by atoms with Gasteiger partial charge in [-0.3, -0.25) is 15.0 Å². The Kier molecular flexibility index (Phi) is 5.93. The number of rotatable bonds is 5. The number of piperidine rings is 1. The summed E-state index contributed by atoms with van der Waals surface area (Å²) in [5.41, 5.74) is 4.88. The zero-order valence-corrected chi connectivity index (χ0v) is 10.4. The fourth-order valence-corrected chi connectivity index (χ4v) is 2.19. The number of carbonyl (C=O) groups excluding carboxylic acids is 2. The van der Waals surface area contributed by atoms with E-state index in [1.54, 1.807) is 0 Å². The van der Waals surface area contributed by atoms with E-state index in [4.69, 9.17) is 5.73 Å². The van der Waals surface area contributed by atoms with Crippen LogP contribution < -0.4 is 16.4 Å². The first-order valence-corrected chi connectivity index (χ1v) is 6.17. The molecule has 4 N–H and O–H groups in total. The number of nitrogens with zero attached hydrogens (tertiary/aromatic N) is 1. The van der Waals surface area contributed by atoms with Crippen LogP contribution in [0.4, 0.5) is 4.79 Å². The minimum absolute atomic E-state index is 0.306. The summed E-state index contributed by atoms with van der Waals surface area (Å²) in [5.74, 6) is -0.306. The molecule has 6 nitrogen and oxygen atoms in total. The Labute approximate surface area is 102 Å². The Hall–Kier alpha value is -1.14. The number of hydrogen-bond donors (Lipinski definition) is 3. The second-order valence-corrected chi connectivity index (χ2v) is 4.29. The number of amides is 3. The van der Waals surface area contributed by atoms with Crippen LogP contribution in [0.15, 0.2) is 0 Å². The summed E-state index contributed by atoms with van der Waals surface area (Å²) >= 11 is 0. The van der Waals surface area contributed by atoms with Crippen molar-refractivity contribution in [3.63, 3.8) is 0 Å². The lowest BCUT2D eigenvalue weighted by atomic mass is 10.1. The van der Waals surface area contributed by atoms with Crippen LogP contribution in [0.3, 0.4) is 0 Å². The predicted octanol–water partition coefficient (Wildman–Crippen LogP) is -0.355. The van der Waals surface area contributed by atoms with Gasteiger partial charge in [0.15, 0.2) is 0 Å². The van der Waals surface area contributed by atoms with Gasteiger partial charge in [-0.1, -0.05) is 6.92 Å². The monoisotopic (exact) mass is 242 g/mol. The van der Waals surface area contributed by atoms with Gasteiger partial charge in [0.2, 0.25) is 5.91 Å². The van der Waals surface area contributed by atoms with Gasteiger partial charge in [0.05, 0.1) is 0 Å². The van der Waals surface area contributed by atoms with E-state index in [0.717, 1.165) is 26.1 Å². The average molecular weight is 242 g/mol. The molecule has 3 amide bonds. The highest BCUT2D eigenvalue weighted by Crippen LogP contribution is 2.10. The molecule has 0 aromatic heterocycles. The molecule has 6 heteroatoms. The Morgan fingerprint density at radius 1 is 1.53 bits per heavy atom. The van der Waals surface area contributed by atoms with Crippen molar-refractivity contribution in [3.05, 3.63) is 0 Å². The normalized spacial score (nSPS) is 20.2. The number of nitrogens with one attached hydrogen (secondary N) is 2. The average Bonchev–Trinajstić information content (AvgIpc) is 2.30. The van der Waals surface area contributed by atoms with Gasteiger partial charge in [-0.15, -0.1) is 0 Å². The molecule has 1 atom stereocenters. The third kappa shape index (κ3) is 5.14. The van der Waals surface area contributed by atoms with Crippen molar-refractivity contribution in [1.29, 1.82) is 0 Å². The maximum atomic E-state index is 11.3. The van der Waals surface area contributed by atoms with Gasteiger partial charge in [0.1, 0.15) is 0 Å². The van der Waals surface area contributed by atoms with Crippen LogP contribution in [0, 0.1) is 0 Å². The molecule has 0 aromatic carbocycles. The second kappa shape index (κ2) is 7.24. The van der Waals surface area contributed by atoms with Crippen LogP contribution in [0.5, 0.6) is 0 Å². The molecule has 1 rings (SSSR count). The first kappa shape index (κ1) is 13.9. The minimum atomic E-state index is -0.780. The van der Waals surface area contributed by atoms with Gasteiger partial charge in [-0.2, -0.15) is 0 Å². The minimum Gasteiger partial charge on any atom is -0.351 e. The SMILES string of the molecule is CCN(CCC(=O)NC(N)=O)C1CCCNC1. The first-order valence-electron chi connectivity index (χ1n) is 6.17. The van der Waals surface area contributed by atoms with Crippen molar-refractivity contribution in [1.82, 2.24) is 15.5 Å². The summed E-state index contributed by atoms with van der Waals surface area (Å²) in [4.78, 5) is 24.1. The van der Waals surface area contributed by atoms with Gasteiger partial charge >= 0.3 is 6.03 Å². The highest BCUT2D eigenvalue weighted by atomic mass is 16.2. The number of carbonyl (C=O) groups is 2. The fraction of sp³-hybridized carbons (Fsp3) is 0.818. The maximum absolute atomic E-state index is 11.3. The molecule has 0 aromatic rings. The van der Waals surface area contributed by atoms with Crippen molar-refractivity contribution in [3.8, 4) is 0 Å². The molecule has 17 heavy (non-hydrogen) atoms. The molecule has 0 aliphatic carbocycles. The number of likely N-dealkylation sites (N-methyl/N-ethyl adjacent to an activating group) is 1. The molecule has 1 fully saturated rings. The number of imide groups is 1. The van der Waals surface area contributed by atoms with Crippen LogP contribution in [-0.4, -0.2) is 49.1 Å². The molecule has 1 aliphatic rings. The third-order valence-electron chi connectivity index (χ3n) is 3.08. The van der Waals surface area contributed by atoms with Crippen LogP contribution >= 0.6 is 0 Å². The molecule has 1 saturated heterocycles. The molecule has 1 unspecified atom stereocenters. The summed E-state index contributed by atoms with van der Waals surface area (Å²) < 4.78 is 0. The standard InChI is InChI=1S/C11H22N4O2/c1-2-15(9-4-3-6-13-8-9)7-5-10(16)14-11(12)17/h9,13H,2-8H2,1H3,(H3,12,14,16,17). The van der Waals surface area contributed by atoms with Gasteiger partial charge in [0.25, 0.3) is 0 Å². The maximum Gasteiger partial charge on any atom is 0.318 e. The van der Waals surface area contributed by atoms with Crippen molar-refractivity contribution in [2.24, 2.45) is 5.73 Å². The smallest absolute Gasteiger partial charge is 0.318 e. The van der Waals surface area contributed by atoms with E-state index in [0.29, 0.717) is 19.0 Å². The Bertz CT molecular complexity index is 264. The zero-order chi connectivity index (χ0) is 12.7. The van der Waals surface area contributed by atoms with Crippen molar-refractivity contribution >= 4 is 11.9 Å². The molecule has 0 radical (unpaired) electrons. The quantitative estimate of drug-likeness (QED) is 0.614. The predicted molar refractivity (Wildman–Crippen MR) is 65.5 cm³/mol. The summed E-state index contributed by atoms with van der Waals surface area (Å²) in [6.45, 7) is 5.72. The first-order chi connectivity index (χ1) is 8.13. The Balaban J connectivity index is 2.30. The molecule has 98 valence electrons. The van der Waals surface area contributed by atoms with Crippen LogP contribution in [-0.2, 0) is 4.79 Å². The van der Waals surface area contributed by atoms with E-state index in [1.165, 1.54) is 6.42 Å². The lowest BCUT2D eigenvalue weighted by Gasteiger charge is -2.33. The molecule has 0 saturated carbocycles. The van der Waals surface area contributed by atoms with E-state index in [1.807, 2.05) is 0 Å². The van der Waals surface area contributed by atoms with E-state index in [2.05, 4.69) is 22.5 Å². The lowest BCUT2D eigenvalue weighted by molar-refractivity contribution is -0.120. The highest BCUT2D eigenvalue weighted by Gasteiger charge is 2.20. The number of nitrogens with two attached hydrogens (primary N) is 1. The van der Waals surface area contributed by atoms with Crippen molar-refractivity contribution < 1.29 is 9.59 Å². The van der Waals surface area contributed by atoms with E-state index in [-0.39, 0.29) is 5.91 Å². The third-order valence-corrected chi connectivity index (χ3v) is 3.08. The molecule has 0 bridgehead atoms. The molecular formula is C11H22N4O2. The van der Waals surface area contributed by atoms with E-state index in [9.17, 15) is 9.59 Å². The largest absolute Gasteiger partial charge is 0.351 e. The van der Waals surface area contributed by atoms with Gasteiger partial charge in [-0.05, 0) is 25.9 Å². The number of urea groups is 1. The van der Waals surface area contributed by atoms with Crippen LogP contribution in [0.25, 0.3) is 0 Å². The molecule has 0 spiro atoms. The van der Waals surface area contributed by atoms with Gasteiger partial charge in [-0.25, -0.2) is 4.79 Å². The molecule has 1 heterocycles. The topological polar surface area (TPSA) is 87.5 Å². The Morgan fingerprint density at radius 2 is 2.29 bits per heavy atom. The fourth-order valence-electron chi connectivity index (χ4n) is 2.19. The van der Waals surface area contributed by atoms with Crippen molar-refractivity contribution in [2.75, 3.05) is 26.2 Å². The lowest BCUT2D eigenvalue weighted by Crippen LogP contribution is -2.47. The van der Waals surface area contributed by atoms with Gasteiger partial charge in [0, 0.05) is 25.6 Å². The summed E-state index contributed by atoms with van der Waals surface area (Å²) in [6, 6.07) is -0.285. The highest BCUT2D eigenvalue weighted by molar-refractivity contribution is 5.93. The van der Waals surface area contributed by atoms with Crippen molar-refractivity contribution in [2.45, 2.75) is 32.2 Å². The van der Waals surface area contributed by atoms with E-state index < -0.39 is 6.03 Å². The van der Waals surface area contributed by atoms with E-state index >= 15 is 0 Å². The second-order valence-electron chi connectivity index (χ2n) is 4.29. The summed E-state index contributed by atoms with van der Waals surface area (Å²) in [6.07, 6.45) is 2.65. The summed E-state index contributed by atoms with van der Waals surface area (Å²) in [5, 5.41) is 5.44. The molecular weight excluding hydrogens is 220 g/mol. The zero-order valence-electron chi connectivity index (χ0n) is 10.4.